The Morgan fingerprint density at radius 2 is 1.95 bits per heavy atom. The summed E-state index contributed by atoms with van der Waals surface area (Å²) in [7, 11) is 0. The summed E-state index contributed by atoms with van der Waals surface area (Å²) >= 11 is 0. The molecule has 0 saturated heterocycles. The van der Waals surface area contributed by atoms with Crippen LogP contribution in [0.5, 0.6) is 0 Å². The lowest BCUT2D eigenvalue weighted by atomic mass is 9.97. The molecule has 2 amide bonds. The normalized spacial score (nSPS) is 24.6. The quantitative estimate of drug-likeness (QED) is 0.763. The first kappa shape index (κ1) is 16.8. The molecule has 0 aromatic carbocycles. The van der Waals surface area contributed by atoms with E-state index >= 15 is 0 Å². The standard InChI is InChI=1S/C15H28N2O3/c1-4-17(10-12(3)14(18)19)15(20)16-13-9-7-5-6-8-11(13)2/h11-13H,4-10H2,1-3H3,(H,16,20)(H,18,19). The molecule has 1 aliphatic rings. The number of carbonyl (C=O) groups is 2. The van der Waals surface area contributed by atoms with Crippen molar-refractivity contribution >= 4 is 12.0 Å². The van der Waals surface area contributed by atoms with E-state index in [0.29, 0.717) is 12.5 Å². The highest BCUT2D eigenvalue weighted by molar-refractivity contribution is 5.76. The molecule has 116 valence electrons. The van der Waals surface area contributed by atoms with Crippen LogP contribution in [-0.4, -0.2) is 41.1 Å². The van der Waals surface area contributed by atoms with E-state index < -0.39 is 11.9 Å². The van der Waals surface area contributed by atoms with E-state index in [1.54, 1.807) is 11.8 Å². The molecule has 20 heavy (non-hydrogen) atoms. The van der Waals surface area contributed by atoms with Crippen molar-refractivity contribution in [3.05, 3.63) is 0 Å². The van der Waals surface area contributed by atoms with Crippen LogP contribution in [0.25, 0.3) is 0 Å². The Balaban J connectivity index is 2.55. The molecule has 0 aliphatic heterocycles. The number of hydrogen-bond acceptors (Lipinski definition) is 2. The number of carbonyl (C=O) groups excluding carboxylic acids is 1. The second-order valence-electron chi connectivity index (χ2n) is 5.95. The lowest BCUT2D eigenvalue weighted by Gasteiger charge is -2.28. The van der Waals surface area contributed by atoms with Crippen molar-refractivity contribution in [2.24, 2.45) is 11.8 Å². The summed E-state index contributed by atoms with van der Waals surface area (Å²) in [6.07, 6.45) is 5.82. The fraction of sp³-hybridized carbons (Fsp3) is 0.867. The van der Waals surface area contributed by atoms with Crippen molar-refractivity contribution in [3.8, 4) is 0 Å². The van der Waals surface area contributed by atoms with Crippen LogP contribution < -0.4 is 5.32 Å². The average molecular weight is 284 g/mol. The van der Waals surface area contributed by atoms with E-state index in [1.165, 1.54) is 12.8 Å². The third-order valence-electron chi connectivity index (χ3n) is 4.26. The lowest BCUT2D eigenvalue weighted by Crippen LogP contribution is -2.48. The Kier molecular flexibility index (Phi) is 6.82. The number of hydrogen-bond donors (Lipinski definition) is 2. The summed E-state index contributed by atoms with van der Waals surface area (Å²) in [5.41, 5.74) is 0. The molecule has 0 bridgehead atoms. The zero-order valence-electron chi connectivity index (χ0n) is 12.9. The van der Waals surface area contributed by atoms with Gasteiger partial charge in [-0.05, 0) is 25.7 Å². The zero-order chi connectivity index (χ0) is 15.1. The van der Waals surface area contributed by atoms with Crippen LogP contribution in [0.2, 0.25) is 0 Å². The molecule has 2 N–H and O–H groups in total. The van der Waals surface area contributed by atoms with Gasteiger partial charge in [0.25, 0.3) is 0 Å². The Labute approximate surface area is 121 Å². The molecule has 1 saturated carbocycles. The molecule has 0 radical (unpaired) electrons. The van der Waals surface area contributed by atoms with Gasteiger partial charge in [-0.15, -0.1) is 0 Å². The van der Waals surface area contributed by atoms with Crippen molar-refractivity contribution in [2.45, 2.75) is 58.9 Å². The largest absolute Gasteiger partial charge is 0.481 e. The van der Waals surface area contributed by atoms with Crippen molar-refractivity contribution in [1.29, 1.82) is 0 Å². The molecule has 1 fully saturated rings. The highest BCUT2D eigenvalue weighted by Crippen LogP contribution is 2.23. The van der Waals surface area contributed by atoms with Gasteiger partial charge in [0.2, 0.25) is 0 Å². The summed E-state index contributed by atoms with van der Waals surface area (Å²) in [5, 5.41) is 12.0. The summed E-state index contributed by atoms with van der Waals surface area (Å²) < 4.78 is 0. The summed E-state index contributed by atoms with van der Waals surface area (Å²) in [6.45, 7) is 6.49. The van der Waals surface area contributed by atoms with Crippen LogP contribution >= 0.6 is 0 Å². The first-order chi connectivity index (χ1) is 9.45. The molecule has 0 heterocycles. The highest BCUT2D eigenvalue weighted by Gasteiger charge is 2.25. The van der Waals surface area contributed by atoms with Gasteiger partial charge in [-0.3, -0.25) is 4.79 Å². The van der Waals surface area contributed by atoms with Gasteiger partial charge in [-0.2, -0.15) is 0 Å². The predicted octanol–water partition coefficient (Wildman–Crippen LogP) is 2.71. The molecular formula is C15H28N2O3. The van der Waals surface area contributed by atoms with Crippen molar-refractivity contribution < 1.29 is 14.7 Å². The Hall–Kier alpha value is -1.26. The molecule has 3 unspecified atom stereocenters. The van der Waals surface area contributed by atoms with Crippen LogP contribution in [0.15, 0.2) is 0 Å². The Morgan fingerprint density at radius 1 is 1.30 bits per heavy atom. The molecule has 0 aromatic rings. The number of nitrogens with zero attached hydrogens (tertiary/aromatic N) is 1. The van der Waals surface area contributed by atoms with Crippen LogP contribution in [0, 0.1) is 11.8 Å². The van der Waals surface area contributed by atoms with Gasteiger partial charge in [0.05, 0.1) is 5.92 Å². The number of urea groups is 1. The van der Waals surface area contributed by atoms with E-state index in [9.17, 15) is 9.59 Å². The minimum absolute atomic E-state index is 0.126. The molecule has 1 aliphatic carbocycles. The second kappa shape index (κ2) is 8.12. The number of carboxylic acid groups (broad SMARTS) is 1. The molecule has 5 nitrogen and oxygen atoms in total. The maximum Gasteiger partial charge on any atom is 0.317 e. The van der Waals surface area contributed by atoms with Crippen molar-refractivity contribution in [1.82, 2.24) is 10.2 Å². The molecule has 0 spiro atoms. The minimum Gasteiger partial charge on any atom is -0.481 e. The van der Waals surface area contributed by atoms with E-state index in [-0.39, 0.29) is 18.6 Å². The Morgan fingerprint density at radius 3 is 2.55 bits per heavy atom. The fourth-order valence-electron chi connectivity index (χ4n) is 2.72. The first-order valence-electron chi connectivity index (χ1n) is 7.74. The van der Waals surface area contributed by atoms with Crippen LogP contribution in [-0.2, 0) is 4.79 Å². The van der Waals surface area contributed by atoms with Gasteiger partial charge >= 0.3 is 12.0 Å². The predicted molar refractivity (Wildman–Crippen MR) is 78.6 cm³/mol. The summed E-state index contributed by atoms with van der Waals surface area (Å²) in [5.74, 6) is -0.900. The van der Waals surface area contributed by atoms with Crippen LogP contribution in [0.1, 0.15) is 52.9 Å². The van der Waals surface area contributed by atoms with Crippen molar-refractivity contribution in [2.75, 3.05) is 13.1 Å². The van der Waals surface area contributed by atoms with Gasteiger partial charge < -0.3 is 15.3 Å². The maximum absolute atomic E-state index is 12.3. The number of aliphatic carboxylic acids is 1. The van der Waals surface area contributed by atoms with Crippen molar-refractivity contribution in [3.63, 3.8) is 0 Å². The van der Waals surface area contributed by atoms with Crippen LogP contribution in [0.4, 0.5) is 4.79 Å². The lowest BCUT2D eigenvalue weighted by molar-refractivity contribution is -0.141. The van der Waals surface area contributed by atoms with E-state index in [4.69, 9.17) is 5.11 Å². The van der Waals surface area contributed by atoms with Gasteiger partial charge in [-0.1, -0.05) is 33.1 Å². The second-order valence-corrected chi connectivity index (χ2v) is 5.95. The molecular weight excluding hydrogens is 256 g/mol. The number of carboxylic acids is 1. The molecule has 5 heteroatoms. The summed E-state index contributed by atoms with van der Waals surface area (Å²) in [6, 6.07) is 0.0959. The highest BCUT2D eigenvalue weighted by atomic mass is 16.4. The Bertz CT molecular complexity index is 333. The number of nitrogens with one attached hydrogen (secondary N) is 1. The fourth-order valence-corrected chi connectivity index (χ4v) is 2.72. The van der Waals surface area contributed by atoms with Crippen LogP contribution in [0.3, 0.4) is 0 Å². The topological polar surface area (TPSA) is 69.6 Å². The zero-order valence-corrected chi connectivity index (χ0v) is 12.9. The molecule has 1 rings (SSSR count). The minimum atomic E-state index is -0.862. The van der Waals surface area contributed by atoms with E-state index in [1.807, 2.05) is 6.92 Å². The third kappa shape index (κ3) is 5.02. The van der Waals surface area contributed by atoms with Gasteiger partial charge in [0, 0.05) is 19.1 Å². The SMILES string of the molecule is CCN(CC(C)C(=O)O)C(=O)NC1CCCCCC1C. The van der Waals surface area contributed by atoms with Gasteiger partial charge in [0.1, 0.15) is 0 Å². The average Bonchev–Trinajstić information content (AvgIpc) is 2.60. The van der Waals surface area contributed by atoms with E-state index in [2.05, 4.69) is 12.2 Å². The number of amides is 2. The van der Waals surface area contributed by atoms with Gasteiger partial charge in [0.15, 0.2) is 0 Å². The van der Waals surface area contributed by atoms with E-state index in [0.717, 1.165) is 19.3 Å². The molecule has 0 aromatic heterocycles. The number of rotatable bonds is 5. The first-order valence-corrected chi connectivity index (χ1v) is 7.74. The van der Waals surface area contributed by atoms with Gasteiger partial charge in [-0.25, -0.2) is 4.79 Å². The summed E-state index contributed by atoms with van der Waals surface area (Å²) in [4.78, 5) is 24.8. The monoisotopic (exact) mass is 284 g/mol. The smallest absolute Gasteiger partial charge is 0.317 e. The molecule has 3 atom stereocenters. The maximum atomic E-state index is 12.3. The third-order valence-corrected chi connectivity index (χ3v) is 4.26.